The molecule has 3 aromatic heterocycles. The van der Waals surface area contributed by atoms with Gasteiger partial charge >= 0.3 is 16.5 Å². The smallest absolute Gasteiger partial charge is 0.657 e. The molecule has 0 saturated carbocycles. The van der Waals surface area contributed by atoms with E-state index in [9.17, 15) is 0 Å². The van der Waals surface area contributed by atoms with Crippen molar-refractivity contribution in [1.29, 1.82) is 0 Å². The van der Waals surface area contributed by atoms with Crippen molar-refractivity contribution in [2.45, 2.75) is 105 Å². The Hall–Kier alpha value is -3.99. The predicted molar refractivity (Wildman–Crippen MR) is 230 cm³/mol. The number of nitrogens with zero attached hydrogens (tertiary/aromatic N) is 4. The molecule has 6 heteroatoms. The Bertz CT molecular complexity index is 2440. The first-order chi connectivity index (χ1) is 24.6. The fourth-order valence-corrected chi connectivity index (χ4v) is 7.30. The normalized spacial score (nSPS) is 13.4. The minimum Gasteiger partial charge on any atom is -0.657 e. The van der Waals surface area contributed by atoms with Crippen LogP contribution in [0.4, 0.5) is 0 Å². The Morgan fingerprint density at radius 1 is 0.426 bits per heavy atom. The first-order valence-electron chi connectivity index (χ1n) is 18.7. The van der Waals surface area contributed by atoms with Crippen LogP contribution in [0.25, 0.3) is 68.6 Å². The molecule has 0 atom stereocenters. The summed E-state index contributed by atoms with van der Waals surface area (Å²) in [5.74, 6) is 0. The van der Waals surface area contributed by atoms with E-state index in [-0.39, 0.29) is 38.2 Å². The summed E-state index contributed by atoms with van der Waals surface area (Å²) < 4.78 is 0.852. The monoisotopic (exact) mass is 820 g/mol. The zero-order chi connectivity index (χ0) is 38.2. The Kier molecular flexibility index (Phi) is 10.3. The predicted octanol–water partition coefficient (Wildman–Crippen LogP) is 13.2. The standard InChI is InChI=1S/C48H51BrN4.Ni/c1-45(2,3)30-21-28(22-31(25-30)46(4,5)6)42-36-15-13-34(50-36)27-35-14-16-40(51-35)44(49)41-20-19-39(53-41)43(38-18-17-37(42)52-38)29-23-32(47(7,8)9)26-33(24-29)48(10,11)12;/h13-27H,1-12H3;/q-2;+2. The summed E-state index contributed by atoms with van der Waals surface area (Å²) in [6.07, 6.45) is 8.27. The molecular formula is C48H51BrN4Ni. The van der Waals surface area contributed by atoms with Gasteiger partial charge in [-0.25, -0.2) is 9.97 Å². The molecule has 54 heavy (non-hydrogen) atoms. The molecule has 5 heterocycles. The first kappa shape index (κ1) is 39.7. The van der Waals surface area contributed by atoms with Crippen LogP contribution in [0.15, 0.2) is 71.2 Å². The molecule has 2 aromatic carbocycles. The van der Waals surface area contributed by atoms with Gasteiger partial charge in [0.15, 0.2) is 0 Å². The molecule has 7 rings (SSSR count). The van der Waals surface area contributed by atoms with Gasteiger partial charge in [-0.2, -0.15) is 0 Å². The van der Waals surface area contributed by atoms with Crippen molar-refractivity contribution in [2.75, 3.05) is 0 Å². The van der Waals surface area contributed by atoms with E-state index >= 15 is 0 Å². The fraction of sp³-hybridized carbons (Fsp3) is 0.333. The summed E-state index contributed by atoms with van der Waals surface area (Å²) in [5, 5.41) is 0. The summed E-state index contributed by atoms with van der Waals surface area (Å²) >= 11 is 3.86. The van der Waals surface area contributed by atoms with E-state index in [2.05, 4.69) is 172 Å². The average Bonchev–Trinajstić information content (AvgIpc) is 3.88. The third-order valence-corrected chi connectivity index (χ3v) is 11.1. The molecule has 0 radical (unpaired) electrons. The number of fused-ring (bicyclic) bond motifs is 8. The topological polar surface area (TPSA) is 54.0 Å². The van der Waals surface area contributed by atoms with Crippen LogP contribution < -0.4 is 9.97 Å². The SMILES string of the molecule is CC(C)(C)c1cc(-c2c3nc(cc4nc(c(Br)c5ccc([n-]5)c(-c5cc(C(C)(C)C)cc(C(C)(C)C)c5)c5ccc2[n-]5)C=C4)C=C3)cc(C(C)(C)C)c1.[Ni+2]. The second-order valence-corrected chi connectivity index (χ2v) is 19.5. The molecule has 280 valence electrons. The quantitative estimate of drug-likeness (QED) is 0.163. The number of aromatic nitrogens is 4. The molecule has 8 bridgehead atoms. The van der Waals surface area contributed by atoms with E-state index in [1.807, 2.05) is 18.2 Å². The van der Waals surface area contributed by atoms with Crippen LogP contribution >= 0.6 is 15.9 Å². The van der Waals surface area contributed by atoms with Gasteiger partial charge in [0.05, 0.1) is 22.8 Å². The molecule has 0 amide bonds. The van der Waals surface area contributed by atoms with Gasteiger partial charge in [-0.3, -0.25) is 0 Å². The molecule has 0 aliphatic carbocycles. The van der Waals surface area contributed by atoms with Gasteiger partial charge < -0.3 is 9.97 Å². The molecule has 0 fully saturated rings. The molecular weight excluding hydrogens is 771 g/mol. The Balaban J connectivity index is 0.00000497. The number of hydrogen-bond donors (Lipinski definition) is 0. The van der Waals surface area contributed by atoms with Crippen LogP contribution in [0.5, 0.6) is 0 Å². The maximum absolute atomic E-state index is 5.53. The minimum atomic E-state index is -0.0516. The van der Waals surface area contributed by atoms with Gasteiger partial charge in [-0.1, -0.05) is 144 Å². The van der Waals surface area contributed by atoms with Crippen LogP contribution in [0.1, 0.15) is 128 Å². The maximum atomic E-state index is 5.53. The van der Waals surface area contributed by atoms with Crippen LogP contribution in [0.2, 0.25) is 0 Å². The molecule has 0 N–H and O–H groups in total. The summed E-state index contributed by atoms with van der Waals surface area (Å²) in [7, 11) is 0. The number of halogens is 1. The van der Waals surface area contributed by atoms with Crippen molar-refractivity contribution in [3.63, 3.8) is 0 Å². The van der Waals surface area contributed by atoms with Crippen LogP contribution in [0, 0.1) is 0 Å². The molecule has 0 spiro atoms. The average molecular weight is 823 g/mol. The van der Waals surface area contributed by atoms with Crippen molar-refractivity contribution in [3.05, 3.63) is 116 Å². The van der Waals surface area contributed by atoms with Crippen LogP contribution in [-0.2, 0) is 38.2 Å². The zero-order valence-corrected chi connectivity index (χ0v) is 36.2. The van der Waals surface area contributed by atoms with E-state index in [0.29, 0.717) is 0 Å². The van der Waals surface area contributed by atoms with Gasteiger partial charge in [0.25, 0.3) is 0 Å². The van der Waals surface area contributed by atoms with Crippen molar-refractivity contribution < 1.29 is 16.5 Å². The van der Waals surface area contributed by atoms with Gasteiger partial charge in [-0.15, -0.1) is 22.1 Å². The van der Waals surface area contributed by atoms with Gasteiger partial charge in [0, 0.05) is 4.47 Å². The second-order valence-electron chi connectivity index (χ2n) is 18.7. The van der Waals surface area contributed by atoms with Crippen LogP contribution in [0.3, 0.4) is 0 Å². The van der Waals surface area contributed by atoms with Crippen molar-refractivity contribution in [1.82, 2.24) is 19.9 Å². The van der Waals surface area contributed by atoms with E-state index in [0.717, 1.165) is 71.6 Å². The molecule has 4 nitrogen and oxygen atoms in total. The zero-order valence-electron chi connectivity index (χ0n) is 33.6. The molecule has 5 aromatic rings. The summed E-state index contributed by atoms with van der Waals surface area (Å²) in [6, 6.07) is 24.6. The van der Waals surface area contributed by atoms with E-state index in [4.69, 9.17) is 19.9 Å². The van der Waals surface area contributed by atoms with E-state index < -0.39 is 0 Å². The Morgan fingerprint density at radius 2 is 0.778 bits per heavy atom. The largest absolute Gasteiger partial charge is 2.00 e. The molecule has 0 unspecified atom stereocenters. The maximum Gasteiger partial charge on any atom is 2.00 e. The summed E-state index contributed by atoms with van der Waals surface area (Å²) in [4.78, 5) is 21.0. The van der Waals surface area contributed by atoms with E-state index in [1.165, 1.54) is 22.3 Å². The van der Waals surface area contributed by atoms with E-state index in [1.54, 1.807) is 0 Å². The van der Waals surface area contributed by atoms with Gasteiger partial charge in [-0.05, 0) is 112 Å². The summed E-state index contributed by atoms with van der Waals surface area (Å²) in [5.41, 5.74) is 16.1. The van der Waals surface area contributed by atoms with Gasteiger partial charge in [0.2, 0.25) is 0 Å². The van der Waals surface area contributed by atoms with Crippen molar-refractivity contribution >= 4 is 62.3 Å². The first-order valence-corrected chi connectivity index (χ1v) is 19.5. The third kappa shape index (κ3) is 7.88. The second kappa shape index (κ2) is 13.9. The third-order valence-electron chi connectivity index (χ3n) is 10.3. The molecule has 0 saturated heterocycles. The fourth-order valence-electron chi connectivity index (χ4n) is 6.86. The molecule has 2 aliphatic heterocycles. The number of hydrogen-bond acceptors (Lipinski definition) is 2. The van der Waals surface area contributed by atoms with Gasteiger partial charge in [0.1, 0.15) is 0 Å². The summed E-state index contributed by atoms with van der Waals surface area (Å²) in [6.45, 7) is 27.4. The Morgan fingerprint density at radius 3 is 1.22 bits per heavy atom. The van der Waals surface area contributed by atoms with Crippen LogP contribution in [-0.4, -0.2) is 9.97 Å². The minimum absolute atomic E-state index is 0. The number of benzene rings is 2. The van der Waals surface area contributed by atoms with Crippen molar-refractivity contribution in [2.24, 2.45) is 0 Å². The van der Waals surface area contributed by atoms with Crippen molar-refractivity contribution in [3.8, 4) is 22.3 Å². The number of rotatable bonds is 2. The molecule has 2 aliphatic rings. The Labute approximate surface area is 340 Å².